The number of rotatable bonds is 6. The Kier molecular flexibility index (Phi) is 6.45. The molecule has 142 valence electrons. The van der Waals surface area contributed by atoms with Gasteiger partial charge in [-0.3, -0.25) is 4.68 Å². The summed E-state index contributed by atoms with van der Waals surface area (Å²) in [5.41, 5.74) is 3.08. The van der Waals surface area contributed by atoms with Crippen LogP contribution in [0, 0.1) is 13.8 Å². The predicted molar refractivity (Wildman–Crippen MR) is 105 cm³/mol. The highest BCUT2D eigenvalue weighted by Gasteiger charge is 2.31. The highest BCUT2D eigenvalue weighted by Crippen LogP contribution is 2.27. The van der Waals surface area contributed by atoms with Crippen LogP contribution in [-0.2, 0) is 16.4 Å². The van der Waals surface area contributed by atoms with Crippen LogP contribution in [0.25, 0.3) is 0 Å². The van der Waals surface area contributed by atoms with Gasteiger partial charge in [-0.15, -0.1) is 0 Å². The molecule has 1 atom stereocenters. The highest BCUT2D eigenvalue weighted by atomic mass is 32.2. The second kappa shape index (κ2) is 8.01. The zero-order valence-corrected chi connectivity index (χ0v) is 17.4. The molecule has 0 unspecified atom stereocenters. The minimum Gasteiger partial charge on any atom is -0.361 e. The lowest BCUT2D eigenvalue weighted by atomic mass is 10.2. The van der Waals surface area contributed by atoms with E-state index in [0.717, 1.165) is 30.0 Å². The maximum atomic E-state index is 11.8. The molecule has 1 aromatic rings. The molecule has 2 rings (SSSR count). The molecule has 7 nitrogen and oxygen atoms in total. The molecule has 1 saturated heterocycles. The molecule has 0 aromatic carbocycles. The molecule has 0 amide bonds. The second-order valence-electron chi connectivity index (χ2n) is 7.04. The predicted octanol–water partition coefficient (Wildman–Crippen LogP) is 0.727. The van der Waals surface area contributed by atoms with Crippen molar-refractivity contribution in [3.05, 3.63) is 17.0 Å². The minimum absolute atomic E-state index is 0.0482. The van der Waals surface area contributed by atoms with Crippen molar-refractivity contribution in [1.82, 2.24) is 24.9 Å². The SMILES string of the molecule is Cc1nn([C@H]2CCS(=O)(=O)C2)c(C)c1CN(C)C(=S)NCCN(C)C. The summed E-state index contributed by atoms with van der Waals surface area (Å²) in [4.78, 5) is 4.10. The lowest BCUT2D eigenvalue weighted by molar-refractivity contribution is 0.405. The van der Waals surface area contributed by atoms with Crippen molar-refractivity contribution in [2.45, 2.75) is 32.9 Å². The molecular weight excluding hydrogens is 358 g/mol. The van der Waals surface area contributed by atoms with Crippen LogP contribution in [0.4, 0.5) is 0 Å². The Morgan fingerprint density at radius 3 is 2.60 bits per heavy atom. The van der Waals surface area contributed by atoms with Gasteiger partial charge in [-0.1, -0.05) is 0 Å². The molecule has 25 heavy (non-hydrogen) atoms. The molecular formula is C16H29N5O2S2. The van der Waals surface area contributed by atoms with Crippen LogP contribution in [0.3, 0.4) is 0 Å². The number of hydrogen-bond acceptors (Lipinski definition) is 5. The number of nitrogens with one attached hydrogen (secondary N) is 1. The van der Waals surface area contributed by atoms with Gasteiger partial charge in [0.1, 0.15) is 0 Å². The van der Waals surface area contributed by atoms with E-state index in [9.17, 15) is 8.42 Å². The van der Waals surface area contributed by atoms with Crippen LogP contribution >= 0.6 is 12.2 Å². The van der Waals surface area contributed by atoms with Crippen LogP contribution in [-0.4, -0.2) is 78.8 Å². The largest absolute Gasteiger partial charge is 0.361 e. The lowest BCUT2D eigenvalue weighted by Crippen LogP contribution is -2.39. The summed E-state index contributed by atoms with van der Waals surface area (Å²) in [5, 5.41) is 8.57. The number of sulfone groups is 1. The molecule has 0 radical (unpaired) electrons. The molecule has 9 heteroatoms. The van der Waals surface area contributed by atoms with Gasteiger partial charge < -0.3 is 15.1 Å². The first-order valence-electron chi connectivity index (χ1n) is 8.49. The fourth-order valence-corrected chi connectivity index (χ4v) is 4.94. The Balaban J connectivity index is 2.04. The summed E-state index contributed by atoms with van der Waals surface area (Å²) in [6.45, 7) is 6.35. The molecule has 1 aliphatic rings. The molecule has 2 heterocycles. The average molecular weight is 388 g/mol. The van der Waals surface area contributed by atoms with Gasteiger partial charge in [0.15, 0.2) is 14.9 Å². The van der Waals surface area contributed by atoms with Crippen molar-refractivity contribution in [3.8, 4) is 0 Å². The van der Waals surface area contributed by atoms with Crippen molar-refractivity contribution in [2.75, 3.05) is 45.7 Å². The molecule has 1 aliphatic heterocycles. The first-order valence-corrected chi connectivity index (χ1v) is 10.7. The number of hydrogen-bond donors (Lipinski definition) is 1. The van der Waals surface area contributed by atoms with Gasteiger partial charge in [0.25, 0.3) is 0 Å². The quantitative estimate of drug-likeness (QED) is 0.722. The Hall–Kier alpha value is -1.19. The van der Waals surface area contributed by atoms with E-state index in [2.05, 4.69) is 15.3 Å². The average Bonchev–Trinajstić information content (AvgIpc) is 3.00. The first kappa shape index (κ1) is 20.1. The Labute approximate surface area is 156 Å². The number of aryl methyl sites for hydroxylation is 1. The van der Waals surface area contributed by atoms with E-state index in [1.807, 2.05) is 44.6 Å². The Morgan fingerprint density at radius 1 is 1.36 bits per heavy atom. The first-order chi connectivity index (χ1) is 11.6. The normalized spacial score (nSPS) is 19.4. The summed E-state index contributed by atoms with van der Waals surface area (Å²) >= 11 is 5.45. The standard InChI is InChI=1S/C16H29N5O2S2/c1-12-15(10-20(5)16(24)17-7-8-19(3)4)13(2)21(18-12)14-6-9-25(22,23)11-14/h14H,6-11H2,1-5H3,(H,17,24)/t14-/m0/s1. The van der Waals surface area contributed by atoms with Gasteiger partial charge in [0, 0.05) is 37.9 Å². The zero-order chi connectivity index (χ0) is 18.8. The minimum atomic E-state index is -2.92. The molecule has 0 bridgehead atoms. The maximum absolute atomic E-state index is 11.8. The number of aromatic nitrogens is 2. The van der Waals surface area contributed by atoms with E-state index in [1.54, 1.807) is 0 Å². The molecule has 1 N–H and O–H groups in total. The molecule has 1 aromatic heterocycles. The summed E-state index contributed by atoms with van der Waals surface area (Å²) in [6.07, 6.45) is 0.643. The van der Waals surface area contributed by atoms with E-state index in [1.165, 1.54) is 0 Å². The van der Waals surface area contributed by atoms with Crippen LogP contribution in [0.2, 0.25) is 0 Å². The maximum Gasteiger partial charge on any atom is 0.169 e. The zero-order valence-electron chi connectivity index (χ0n) is 15.7. The number of likely N-dealkylation sites (N-methyl/N-ethyl adjacent to an activating group) is 1. The van der Waals surface area contributed by atoms with Crippen LogP contribution in [0.5, 0.6) is 0 Å². The second-order valence-corrected chi connectivity index (χ2v) is 9.66. The van der Waals surface area contributed by atoms with Crippen LogP contribution in [0.1, 0.15) is 29.4 Å². The van der Waals surface area contributed by atoms with Crippen molar-refractivity contribution in [2.24, 2.45) is 0 Å². The van der Waals surface area contributed by atoms with Crippen LogP contribution < -0.4 is 5.32 Å². The number of thiocarbonyl (C=S) groups is 1. The smallest absolute Gasteiger partial charge is 0.169 e. The summed E-state index contributed by atoms with van der Waals surface area (Å²) in [6, 6.07) is -0.0482. The third-order valence-corrected chi connectivity index (χ3v) is 6.81. The molecule has 0 aliphatic carbocycles. The summed E-state index contributed by atoms with van der Waals surface area (Å²) < 4.78 is 25.4. The van der Waals surface area contributed by atoms with E-state index in [-0.39, 0.29) is 17.5 Å². The van der Waals surface area contributed by atoms with Crippen LogP contribution in [0.15, 0.2) is 0 Å². The van der Waals surface area contributed by atoms with E-state index in [4.69, 9.17) is 12.2 Å². The Bertz CT molecular complexity index is 727. The summed E-state index contributed by atoms with van der Waals surface area (Å²) in [5.74, 6) is 0.444. The van der Waals surface area contributed by atoms with Gasteiger partial charge in [-0.25, -0.2) is 8.42 Å². The number of nitrogens with zero attached hydrogens (tertiary/aromatic N) is 4. The Morgan fingerprint density at radius 2 is 2.04 bits per heavy atom. The van der Waals surface area contributed by atoms with Gasteiger partial charge in [0.2, 0.25) is 0 Å². The van der Waals surface area contributed by atoms with Crippen molar-refractivity contribution >= 4 is 27.2 Å². The van der Waals surface area contributed by atoms with Gasteiger partial charge in [0.05, 0.1) is 23.2 Å². The van der Waals surface area contributed by atoms with Gasteiger partial charge in [-0.2, -0.15) is 5.10 Å². The van der Waals surface area contributed by atoms with Gasteiger partial charge >= 0.3 is 0 Å². The lowest BCUT2D eigenvalue weighted by Gasteiger charge is -2.22. The highest BCUT2D eigenvalue weighted by molar-refractivity contribution is 7.91. The topological polar surface area (TPSA) is 70.5 Å². The van der Waals surface area contributed by atoms with E-state index >= 15 is 0 Å². The fourth-order valence-electron chi connectivity index (χ4n) is 3.08. The third-order valence-electron chi connectivity index (χ3n) is 4.61. The summed E-state index contributed by atoms with van der Waals surface area (Å²) in [7, 11) is 3.09. The van der Waals surface area contributed by atoms with Crippen molar-refractivity contribution in [3.63, 3.8) is 0 Å². The third kappa shape index (κ3) is 5.15. The fraction of sp³-hybridized carbons (Fsp3) is 0.750. The van der Waals surface area contributed by atoms with E-state index in [0.29, 0.717) is 18.1 Å². The monoisotopic (exact) mass is 387 g/mol. The molecule has 1 fully saturated rings. The van der Waals surface area contributed by atoms with E-state index < -0.39 is 9.84 Å². The van der Waals surface area contributed by atoms with Crippen molar-refractivity contribution in [1.29, 1.82) is 0 Å². The van der Waals surface area contributed by atoms with Crippen molar-refractivity contribution < 1.29 is 8.42 Å². The molecule has 0 spiro atoms. The van der Waals surface area contributed by atoms with Gasteiger partial charge in [-0.05, 0) is 46.6 Å². The molecule has 0 saturated carbocycles.